The lowest BCUT2D eigenvalue weighted by molar-refractivity contribution is 0.0752. The number of amides is 2. The van der Waals surface area contributed by atoms with Gasteiger partial charge in [-0.25, -0.2) is 4.79 Å². The number of ether oxygens (including phenoxy) is 1. The van der Waals surface area contributed by atoms with Crippen molar-refractivity contribution in [1.82, 2.24) is 4.90 Å². The van der Waals surface area contributed by atoms with Crippen molar-refractivity contribution in [3.63, 3.8) is 0 Å². The monoisotopic (exact) mass is 296 g/mol. The van der Waals surface area contributed by atoms with E-state index in [0.717, 1.165) is 11.1 Å². The smallest absolute Gasteiger partial charge is 0.411 e. The molecule has 1 aliphatic heterocycles. The first-order chi connectivity index (χ1) is 10.7. The summed E-state index contributed by atoms with van der Waals surface area (Å²) in [7, 11) is 1.29. The van der Waals surface area contributed by atoms with Gasteiger partial charge in [-0.3, -0.25) is 10.1 Å². The maximum atomic E-state index is 12.7. The van der Waals surface area contributed by atoms with Gasteiger partial charge >= 0.3 is 6.09 Å². The molecule has 0 saturated carbocycles. The van der Waals surface area contributed by atoms with E-state index < -0.39 is 6.09 Å². The molecule has 5 heteroatoms. The van der Waals surface area contributed by atoms with Gasteiger partial charge in [-0.2, -0.15) is 0 Å². The van der Waals surface area contributed by atoms with Crippen LogP contribution in [0.4, 0.5) is 10.5 Å². The Balaban J connectivity index is 1.83. The first-order valence-corrected chi connectivity index (χ1v) is 6.99. The number of benzene rings is 2. The zero-order chi connectivity index (χ0) is 15.5. The second kappa shape index (κ2) is 5.89. The summed E-state index contributed by atoms with van der Waals surface area (Å²) in [5.74, 6) is -0.108. The van der Waals surface area contributed by atoms with Crippen LogP contribution >= 0.6 is 0 Å². The fourth-order valence-electron chi connectivity index (χ4n) is 2.59. The minimum atomic E-state index is -0.593. The van der Waals surface area contributed by atoms with Crippen LogP contribution in [0.1, 0.15) is 21.5 Å². The van der Waals surface area contributed by atoms with Crippen molar-refractivity contribution < 1.29 is 14.3 Å². The Morgan fingerprint density at radius 3 is 2.23 bits per heavy atom. The number of hydrogen-bond acceptors (Lipinski definition) is 3. The summed E-state index contributed by atoms with van der Waals surface area (Å²) >= 11 is 0. The van der Waals surface area contributed by atoms with E-state index >= 15 is 0 Å². The van der Waals surface area contributed by atoms with Gasteiger partial charge in [0.15, 0.2) is 0 Å². The first-order valence-electron chi connectivity index (χ1n) is 6.99. The summed E-state index contributed by atoms with van der Waals surface area (Å²) < 4.78 is 4.59. The summed E-state index contributed by atoms with van der Waals surface area (Å²) in [4.78, 5) is 25.9. The number of nitrogens with zero attached hydrogens (tertiary/aromatic N) is 1. The van der Waals surface area contributed by atoms with Gasteiger partial charge in [0.2, 0.25) is 0 Å². The van der Waals surface area contributed by atoms with Gasteiger partial charge in [0.1, 0.15) is 0 Å². The van der Waals surface area contributed by atoms with Crippen molar-refractivity contribution in [3.05, 3.63) is 65.2 Å². The lowest BCUT2D eigenvalue weighted by Crippen LogP contribution is -2.26. The summed E-state index contributed by atoms with van der Waals surface area (Å²) in [6.07, 6.45) is -0.593. The number of hydrogen-bond donors (Lipinski definition) is 1. The largest absolute Gasteiger partial charge is 0.453 e. The molecule has 0 aromatic heterocycles. The third kappa shape index (κ3) is 2.65. The number of nitrogens with one attached hydrogen (secondary N) is 1. The average molecular weight is 296 g/mol. The molecule has 0 spiro atoms. The van der Waals surface area contributed by atoms with Gasteiger partial charge in [0.05, 0.1) is 18.4 Å². The Morgan fingerprint density at radius 1 is 1.00 bits per heavy atom. The number of carbonyl (C=O) groups is 2. The predicted molar refractivity (Wildman–Crippen MR) is 82.5 cm³/mol. The molecule has 1 heterocycles. The van der Waals surface area contributed by atoms with Crippen molar-refractivity contribution >= 4 is 17.7 Å². The molecule has 0 saturated heterocycles. The normalized spacial score (nSPS) is 12.7. The minimum Gasteiger partial charge on any atom is -0.453 e. The Morgan fingerprint density at radius 2 is 1.59 bits per heavy atom. The highest BCUT2D eigenvalue weighted by Crippen LogP contribution is 2.26. The van der Waals surface area contributed by atoms with Crippen LogP contribution in [0.3, 0.4) is 0 Å². The van der Waals surface area contributed by atoms with E-state index in [0.29, 0.717) is 24.3 Å². The summed E-state index contributed by atoms with van der Waals surface area (Å²) in [6, 6.07) is 14.9. The van der Waals surface area contributed by atoms with Gasteiger partial charge < -0.3 is 9.64 Å². The molecule has 5 nitrogen and oxygen atoms in total. The highest BCUT2D eigenvalue weighted by Gasteiger charge is 2.25. The number of anilines is 1. The van der Waals surface area contributed by atoms with Crippen molar-refractivity contribution in [3.8, 4) is 0 Å². The highest BCUT2D eigenvalue weighted by atomic mass is 16.5. The van der Waals surface area contributed by atoms with Crippen LogP contribution < -0.4 is 5.32 Å². The Labute approximate surface area is 128 Å². The lowest BCUT2D eigenvalue weighted by atomic mass is 10.1. The molecule has 2 aromatic carbocycles. The van der Waals surface area contributed by atoms with Crippen LogP contribution in [-0.4, -0.2) is 24.0 Å². The second-order valence-electron chi connectivity index (χ2n) is 5.09. The van der Waals surface area contributed by atoms with E-state index in [9.17, 15) is 9.59 Å². The number of para-hydroxylation sites is 1. The molecular weight excluding hydrogens is 280 g/mol. The third-order valence-corrected chi connectivity index (χ3v) is 3.71. The SMILES string of the molecule is COC(=O)Nc1ccccc1C(=O)N1Cc2ccccc2C1. The van der Waals surface area contributed by atoms with E-state index in [1.54, 1.807) is 29.2 Å². The van der Waals surface area contributed by atoms with E-state index in [-0.39, 0.29) is 5.91 Å². The average Bonchev–Trinajstić information content (AvgIpc) is 2.98. The van der Waals surface area contributed by atoms with E-state index in [1.165, 1.54) is 7.11 Å². The van der Waals surface area contributed by atoms with Gasteiger partial charge in [-0.15, -0.1) is 0 Å². The molecular formula is C17H16N2O3. The summed E-state index contributed by atoms with van der Waals surface area (Å²) in [5.41, 5.74) is 3.24. The fraction of sp³-hybridized carbons (Fsp3) is 0.176. The van der Waals surface area contributed by atoms with E-state index in [2.05, 4.69) is 10.1 Å². The van der Waals surface area contributed by atoms with Crippen molar-refractivity contribution in [2.24, 2.45) is 0 Å². The fourth-order valence-corrected chi connectivity index (χ4v) is 2.59. The number of methoxy groups -OCH3 is 1. The molecule has 3 rings (SSSR count). The quantitative estimate of drug-likeness (QED) is 0.926. The van der Waals surface area contributed by atoms with Gasteiger partial charge in [-0.1, -0.05) is 36.4 Å². The molecule has 0 radical (unpaired) electrons. The number of fused-ring (bicyclic) bond motifs is 1. The summed E-state index contributed by atoms with van der Waals surface area (Å²) in [6.45, 7) is 1.17. The van der Waals surface area contributed by atoms with E-state index in [1.807, 2.05) is 24.3 Å². The molecule has 0 aliphatic carbocycles. The molecule has 2 aromatic rings. The Kier molecular flexibility index (Phi) is 3.78. The maximum Gasteiger partial charge on any atom is 0.411 e. The predicted octanol–water partition coefficient (Wildman–Crippen LogP) is 3.02. The second-order valence-corrected chi connectivity index (χ2v) is 5.09. The standard InChI is InChI=1S/C17H16N2O3/c1-22-17(21)18-15-9-5-4-8-14(15)16(20)19-10-12-6-2-3-7-13(12)11-19/h2-9H,10-11H2,1H3,(H,18,21). The molecule has 1 aliphatic rings. The Bertz CT molecular complexity index is 702. The lowest BCUT2D eigenvalue weighted by Gasteiger charge is -2.17. The van der Waals surface area contributed by atoms with Gasteiger partial charge in [0, 0.05) is 13.1 Å². The van der Waals surface area contributed by atoms with Crippen LogP contribution in [0, 0.1) is 0 Å². The van der Waals surface area contributed by atoms with Gasteiger partial charge in [0.25, 0.3) is 5.91 Å². The molecule has 1 N–H and O–H groups in total. The van der Waals surface area contributed by atoms with Crippen LogP contribution in [-0.2, 0) is 17.8 Å². The molecule has 0 unspecified atom stereocenters. The van der Waals surface area contributed by atoms with Crippen molar-refractivity contribution in [2.45, 2.75) is 13.1 Å². The zero-order valence-electron chi connectivity index (χ0n) is 12.2. The zero-order valence-corrected chi connectivity index (χ0v) is 12.2. The van der Waals surface area contributed by atoms with Gasteiger partial charge in [-0.05, 0) is 23.3 Å². The number of rotatable bonds is 2. The van der Waals surface area contributed by atoms with Crippen LogP contribution in [0.25, 0.3) is 0 Å². The molecule has 0 atom stereocenters. The van der Waals surface area contributed by atoms with Crippen molar-refractivity contribution in [2.75, 3.05) is 12.4 Å². The third-order valence-electron chi connectivity index (χ3n) is 3.71. The van der Waals surface area contributed by atoms with Crippen molar-refractivity contribution in [1.29, 1.82) is 0 Å². The molecule has 2 amide bonds. The van der Waals surface area contributed by atoms with Crippen LogP contribution in [0.2, 0.25) is 0 Å². The topological polar surface area (TPSA) is 58.6 Å². The van der Waals surface area contributed by atoms with Crippen LogP contribution in [0.5, 0.6) is 0 Å². The Hall–Kier alpha value is -2.82. The molecule has 112 valence electrons. The van der Waals surface area contributed by atoms with Crippen LogP contribution in [0.15, 0.2) is 48.5 Å². The molecule has 22 heavy (non-hydrogen) atoms. The molecule has 0 bridgehead atoms. The first kappa shape index (κ1) is 14.1. The highest BCUT2D eigenvalue weighted by molar-refractivity contribution is 6.02. The molecule has 0 fully saturated rings. The van der Waals surface area contributed by atoms with E-state index in [4.69, 9.17) is 0 Å². The minimum absolute atomic E-state index is 0.108. The number of carbonyl (C=O) groups excluding carboxylic acids is 2. The maximum absolute atomic E-state index is 12.7. The summed E-state index contributed by atoms with van der Waals surface area (Å²) in [5, 5.41) is 2.58.